The van der Waals surface area contributed by atoms with Crippen molar-refractivity contribution < 1.29 is 18.0 Å². The van der Waals surface area contributed by atoms with Crippen LogP contribution in [0.2, 0.25) is 0 Å². The SMILES string of the molecule is CSC(=S)N(OCCl)c1cccc(C(F)(F)F)c1. The lowest BCUT2D eigenvalue weighted by molar-refractivity contribution is -0.137. The molecular weight excluding hydrogens is 307 g/mol. The summed E-state index contributed by atoms with van der Waals surface area (Å²) in [4.78, 5) is 5.02. The van der Waals surface area contributed by atoms with Gasteiger partial charge in [-0.15, -0.1) is 0 Å². The lowest BCUT2D eigenvalue weighted by Gasteiger charge is -2.22. The molecule has 0 aliphatic heterocycles. The maximum absolute atomic E-state index is 12.6. The molecule has 0 heterocycles. The molecule has 2 nitrogen and oxygen atoms in total. The molecule has 100 valence electrons. The number of hydroxylamine groups is 1. The molecular formula is C10H9ClF3NOS2. The van der Waals surface area contributed by atoms with Gasteiger partial charge in [0, 0.05) is 0 Å². The Morgan fingerprint density at radius 1 is 1.50 bits per heavy atom. The van der Waals surface area contributed by atoms with E-state index in [1.807, 2.05) is 0 Å². The molecule has 0 saturated heterocycles. The van der Waals surface area contributed by atoms with Crippen LogP contribution in [-0.2, 0) is 11.0 Å². The number of alkyl halides is 4. The molecule has 0 aliphatic rings. The Morgan fingerprint density at radius 2 is 2.17 bits per heavy atom. The van der Waals surface area contributed by atoms with Crippen LogP contribution >= 0.6 is 35.6 Å². The van der Waals surface area contributed by atoms with Gasteiger partial charge in [0.2, 0.25) is 0 Å². The summed E-state index contributed by atoms with van der Waals surface area (Å²) < 4.78 is 38.0. The molecule has 0 spiro atoms. The molecule has 1 rings (SSSR count). The molecule has 0 N–H and O–H groups in total. The van der Waals surface area contributed by atoms with E-state index < -0.39 is 11.7 Å². The van der Waals surface area contributed by atoms with Gasteiger partial charge < -0.3 is 0 Å². The van der Waals surface area contributed by atoms with Crippen molar-refractivity contribution in [2.45, 2.75) is 6.18 Å². The van der Waals surface area contributed by atoms with E-state index >= 15 is 0 Å². The Kier molecular flexibility index (Phi) is 5.71. The first-order valence-corrected chi connectivity index (χ1v) is 6.81. The minimum Gasteiger partial charge on any atom is -0.251 e. The van der Waals surface area contributed by atoms with Crippen molar-refractivity contribution in [3.63, 3.8) is 0 Å². The summed E-state index contributed by atoms with van der Waals surface area (Å²) in [6, 6.07) is 4.46. The second-order valence-corrected chi connectivity index (χ2v) is 4.71. The standard InChI is InChI=1S/C10H9ClF3NOS2/c1-18-9(17)15(16-6-11)8-4-2-3-7(5-8)10(12,13)14/h2-5H,6H2,1H3. The zero-order valence-electron chi connectivity index (χ0n) is 9.20. The van der Waals surface area contributed by atoms with E-state index in [0.717, 1.165) is 17.2 Å². The van der Waals surface area contributed by atoms with Gasteiger partial charge in [0.1, 0.15) is 6.07 Å². The second-order valence-electron chi connectivity index (χ2n) is 3.05. The third-order valence-electron chi connectivity index (χ3n) is 1.93. The third kappa shape index (κ3) is 4.01. The minimum absolute atomic E-state index is 0.185. The number of hydrogen-bond donors (Lipinski definition) is 0. The highest BCUT2D eigenvalue weighted by molar-refractivity contribution is 8.22. The summed E-state index contributed by atoms with van der Waals surface area (Å²) >= 11 is 11.6. The lowest BCUT2D eigenvalue weighted by atomic mass is 10.2. The van der Waals surface area contributed by atoms with Crippen molar-refractivity contribution >= 4 is 45.6 Å². The lowest BCUT2D eigenvalue weighted by Crippen LogP contribution is -2.27. The summed E-state index contributed by atoms with van der Waals surface area (Å²) in [5, 5.41) is 1.10. The van der Waals surface area contributed by atoms with E-state index in [4.69, 9.17) is 28.7 Å². The Balaban J connectivity index is 3.09. The average molecular weight is 316 g/mol. The molecule has 0 amide bonds. The van der Waals surface area contributed by atoms with Gasteiger partial charge in [0.25, 0.3) is 0 Å². The first-order valence-electron chi connectivity index (χ1n) is 4.64. The van der Waals surface area contributed by atoms with E-state index in [0.29, 0.717) is 0 Å². The van der Waals surface area contributed by atoms with Crippen molar-refractivity contribution in [3.05, 3.63) is 29.8 Å². The van der Waals surface area contributed by atoms with E-state index in [2.05, 4.69) is 0 Å². The maximum Gasteiger partial charge on any atom is 0.416 e. The molecule has 1 aromatic carbocycles. The number of benzene rings is 1. The Labute approximate surface area is 117 Å². The summed E-state index contributed by atoms with van der Waals surface area (Å²) in [6.07, 6.45) is -2.72. The Hall–Kier alpha value is -0.500. The van der Waals surface area contributed by atoms with Crippen molar-refractivity contribution in [1.29, 1.82) is 0 Å². The van der Waals surface area contributed by atoms with Crippen LogP contribution < -0.4 is 5.06 Å². The predicted molar refractivity (Wildman–Crippen MR) is 71.8 cm³/mol. The molecule has 0 bridgehead atoms. The minimum atomic E-state index is -4.41. The van der Waals surface area contributed by atoms with Gasteiger partial charge in [-0.25, -0.2) is 5.06 Å². The topological polar surface area (TPSA) is 12.5 Å². The monoisotopic (exact) mass is 315 g/mol. The van der Waals surface area contributed by atoms with Crippen LogP contribution in [0.25, 0.3) is 0 Å². The third-order valence-corrected chi connectivity index (χ3v) is 3.20. The number of hydrogen-bond acceptors (Lipinski definition) is 3. The van der Waals surface area contributed by atoms with Gasteiger partial charge >= 0.3 is 6.18 Å². The molecule has 0 fully saturated rings. The van der Waals surface area contributed by atoms with E-state index in [1.54, 1.807) is 6.26 Å². The first kappa shape index (κ1) is 15.6. The predicted octanol–water partition coefficient (Wildman–Crippen LogP) is 4.29. The van der Waals surface area contributed by atoms with Crippen LogP contribution in [0.4, 0.5) is 18.9 Å². The molecule has 0 aliphatic carbocycles. The number of thiocarbonyl (C=S) groups is 1. The van der Waals surface area contributed by atoms with E-state index in [9.17, 15) is 13.2 Å². The van der Waals surface area contributed by atoms with Gasteiger partial charge in [-0.1, -0.05) is 29.4 Å². The summed E-state index contributed by atoms with van der Waals surface area (Å²) in [7, 11) is 0. The largest absolute Gasteiger partial charge is 0.416 e. The van der Waals surface area contributed by atoms with Crippen LogP contribution in [0, 0.1) is 0 Å². The smallest absolute Gasteiger partial charge is 0.251 e. The number of anilines is 1. The molecule has 0 atom stereocenters. The van der Waals surface area contributed by atoms with Crippen molar-refractivity contribution in [2.75, 3.05) is 17.4 Å². The molecule has 18 heavy (non-hydrogen) atoms. The van der Waals surface area contributed by atoms with Gasteiger partial charge in [-0.05, 0) is 36.7 Å². The molecule has 1 aromatic rings. The molecule has 0 radical (unpaired) electrons. The van der Waals surface area contributed by atoms with Gasteiger partial charge in [0.15, 0.2) is 4.32 Å². The maximum atomic E-state index is 12.6. The normalized spacial score (nSPS) is 11.4. The molecule has 0 saturated carbocycles. The van der Waals surface area contributed by atoms with Crippen molar-refractivity contribution in [1.82, 2.24) is 0 Å². The highest BCUT2D eigenvalue weighted by Gasteiger charge is 2.31. The Morgan fingerprint density at radius 3 is 2.67 bits per heavy atom. The summed E-state index contributed by atoms with van der Waals surface area (Å²) in [6.45, 7) is 0. The quantitative estimate of drug-likeness (QED) is 0.468. The number of nitrogens with zero attached hydrogens (tertiary/aromatic N) is 1. The van der Waals surface area contributed by atoms with Crippen LogP contribution in [0.15, 0.2) is 24.3 Å². The molecule has 8 heteroatoms. The van der Waals surface area contributed by atoms with Crippen LogP contribution in [0.5, 0.6) is 0 Å². The molecule has 0 aromatic heterocycles. The fourth-order valence-corrected chi connectivity index (χ4v) is 1.75. The zero-order chi connectivity index (χ0) is 13.8. The second kappa shape index (κ2) is 6.60. The van der Waals surface area contributed by atoms with Gasteiger partial charge in [0.05, 0.1) is 11.3 Å². The fraction of sp³-hybridized carbons (Fsp3) is 0.300. The van der Waals surface area contributed by atoms with Crippen LogP contribution in [-0.4, -0.2) is 16.6 Å². The highest BCUT2D eigenvalue weighted by atomic mass is 35.5. The summed E-state index contributed by atoms with van der Waals surface area (Å²) in [5.74, 6) is 0. The number of halogens is 4. The number of rotatable bonds is 3. The average Bonchev–Trinajstić information content (AvgIpc) is 2.34. The van der Waals surface area contributed by atoms with Gasteiger partial charge in [-0.3, -0.25) is 4.84 Å². The molecule has 0 unspecified atom stereocenters. The van der Waals surface area contributed by atoms with Crippen LogP contribution in [0.1, 0.15) is 5.56 Å². The number of thioether (sulfide) groups is 1. The van der Waals surface area contributed by atoms with Crippen LogP contribution in [0.3, 0.4) is 0 Å². The van der Waals surface area contributed by atoms with E-state index in [1.165, 1.54) is 23.9 Å². The van der Waals surface area contributed by atoms with Crippen molar-refractivity contribution in [2.24, 2.45) is 0 Å². The summed E-state index contributed by atoms with van der Waals surface area (Å²) in [5.41, 5.74) is -0.586. The van der Waals surface area contributed by atoms with Gasteiger partial charge in [-0.2, -0.15) is 13.2 Å². The first-order chi connectivity index (χ1) is 8.40. The van der Waals surface area contributed by atoms with Crippen molar-refractivity contribution in [3.8, 4) is 0 Å². The fourth-order valence-electron chi connectivity index (χ4n) is 1.17. The van der Waals surface area contributed by atoms with E-state index in [-0.39, 0.29) is 16.1 Å². The highest BCUT2D eigenvalue weighted by Crippen LogP contribution is 2.32. The zero-order valence-corrected chi connectivity index (χ0v) is 11.6. The Bertz CT molecular complexity index is 428.